The van der Waals surface area contributed by atoms with Crippen LogP contribution in [0.15, 0.2) is 41.8 Å². The minimum absolute atomic E-state index is 0.0250. The van der Waals surface area contributed by atoms with Crippen molar-refractivity contribution < 1.29 is 5.11 Å². The average molecular weight is 273 g/mol. The van der Waals surface area contributed by atoms with Gasteiger partial charge in [-0.15, -0.1) is 11.3 Å². The first kappa shape index (κ1) is 12.9. The van der Waals surface area contributed by atoms with Crippen molar-refractivity contribution >= 4 is 11.3 Å². The maximum atomic E-state index is 9.65. The van der Waals surface area contributed by atoms with Crippen LogP contribution in [0.3, 0.4) is 0 Å². The summed E-state index contributed by atoms with van der Waals surface area (Å²) in [5.74, 6) is 0. The maximum Gasteiger partial charge on any atom is 0.0626 e. The first-order chi connectivity index (χ1) is 9.38. The lowest BCUT2D eigenvalue weighted by Gasteiger charge is -2.28. The van der Waals surface area contributed by atoms with Crippen LogP contribution in [0.2, 0.25) is 0 Å². The van der Waals surface area contributed by atoms with E-state index >= 15 is 0 Å². The van der Waals surface area contributed by atoms with Gasteiger partial charge in [-0.1, -0.05) is 30.3 Å². The SMILES string of the molecule is OC[C@H](NC1CCCc2sccc21)c1ccccc1. The third-order valence-electron chi connectivity index (χ3n) is 3.84. The highest BCUT2D eigenvalue weighted by atomic mass is 32.1. The minimum Gasteiger partial charge on any atom is -0.394 e. The van der Waals surface area contributed by atoms with Crippen LogP contribution >= 0.6 is 11.3 Å². The van der Waals surface area contributed by atoms with Crippen LogP contribution in [0, 0.1) is 0 Å². The third-order valence-corrected chi connectivity index (χ3v) is 4.84. The van der Waals surface area contributed by atoms with Crippen LogP contribution in [0.4, 0.5) is 0 Å². The van der Waals surface area contributed by atoms with Gasteiger partial charge in [0.05, 0.1) is 12.6 Å². The molecule has 1 unspecified atom stereocenters. The van der Waals surface area contributed by atoms with E-state index in [-0.39, 0.29) is 12.6 Å². The van der Waals surface area contributed by atoms with E-state index < -0.39 is 0 Å². The summed E-state index contributed by atoms with van der Waals surface area (Å²) >= 11 is 1.86. The van der Waals surface area contributed by atoms with Gasteiger partial charge in [0.1, 0.15) is 0 Å². The van der Waals surface area contributed by atoms with E-state index in [1.165, 1.54) is 23.3 Å². The molecular formula is C16H19NOS. The van der Waals surface area contributed by atoms with E-state index in [1.54, 1.807) is 0 Å². The van der Waals surface area contributed by atoms with Crippen molar-refractivity contribution in [2.75, 3.05) is 6.61 Å². The van der Waals surface area contributed by atoms with Gasteiger partial charge in [-0.05, 0) is 41.8 Å². The lowest BCUT2D eigenvalue weighted by atomic mass is 9.92. The van der Waals surface area contributed by atoms with Crippen molar-refractivity contribution in [3.05, 3.63) is 57.8 Å². The molecule has 0 amide bonds. The first-order valence-electron chi connectivity index (χ1n) is 6.86. The largest absolute Gasteiger partial charge is 0.394 e. The molecule has 2 atom stereocenters. The Bertz CT molecular complexity index is 523. The molecule has 0 aliphatic heterocycles. The molecule has 1 aromatic carbocycles. The molecule has 0 bridgehead atoms. The van der Waals surface area contributed by atoms with Gasteiger partial charge >= 0.3 is 0 Å². The number of aliphatic hydroxyl groups is 1. The molecule has 0 radical (unpaired) electrons. The lowest BCUT2D eigenvalue weighted by Crippen LogP contribution is -2.30. The molecule has 100 valence electrons. The Morgan fingerprint density at radius 3 is 2.89 bits per heavy atom. The maximum absolute atomic E-state index is 9.65. The molecule has 3 heteroatoms. The highest BCUT2D eigenvalue weighted by Crippen LogP contribution is 2.34. The molecule has 1 heterocycles. The van der Waals surface area contributed by atoms with E-state index in [0.29, 0.717) is 6.04 Å². The van der Waals surface area contributed by atoms with E-state index in [2.05, 4.69) is 28.9 Å². The Morgan fingerprint density at radius 2 is 2.11 bits per heavy atom. The second-order valence-corrected chi connectivity index (χ2v) is 6.06. The summed E-state index contributed by atoms with van der Waals surface area (Å²) in [7, 11) is 0. The number of thiophene rings is 1. The van der Waals surface area contributed by atoms with Crippen LogP contribution in [0.5, 0.6) is 0 Å². The summed E-state index contributed by atoms with van der Waals surface area (Å²) in [6, 6.07) is 12.8. The molecule has 0 saturated heterocycles. The van der Waals surface area contributed by atoms with E-state index in [1.807, 2.05) is 29.5 Å². The first-order valence-corrected chi connectivity index (χ1v) is 7.74. The molecule has 19 heavy (non-hydrogen) atoms. The quantitative estimate of drug-likeness (QED) is 0.894. The van der Waals surface area contributed by atoms with Crippen molar-refractivity contribution in [2.24, 2.45) is 0 Å². The molecule has 2 N–H and O–H groups in total. The summed E-state index contributed by atoms with van der Waals surface area (Å²) in [5, 5.41) is 15.5. The van der Waals surface area contributed by atoms with Crippen LogP contribution in [-0.4, -0.2) is 11.7 Å². The minimum atomic E-state index is 0.0250. The van der Waals surface area contributed by atoms with E-state index in [4.69, 9.17) is 0 Å². The smallest absolute Gasteiger partial charge is 0.0626 e. The number of benzene rings is 1. The lowest BCUT2D eigenvalue weighted by molar-refractivity contribution is 0.228. The van der Waals surface area contributed by atoms with Gasteiger partial charge in [-0.2, -0.15) is 0 Å². The zero-order valence-corrected chi connectivity index (χ0v) is 11.7. The Kier molecular flexibility index (Phi) is 3.97. The molecule has 1 aliphatic rings. The standard InChI is InChI=1S/C16H19NOS/c18-11-15(12-5-2-1-3-6-12)17-14-7-4-8-16-13(14)9-10-19-16/h1-3,5-6,9-10,14-15,17-18H,4,7-8,11H2/t14?,15-/m0/s1. The number of fused-ring (bicyclic) bond motifs is 1. The Hall–Kier alpha value is -1.16. The number of aliphatic hydroxyl groups excluding tert-OH is 1. The second kappa shape index (κ2) is 5.87. The van der Waals surface area contributed by atoms with Gasteiger partial charge in [0.25, 0.3) is 0 Å². The average Bonchev–Trinajstić information content (AvgIpc) is 2.95. The highest BCUT2D eigenvalue weighted by molar-refractivity contribution is 7.10. The fraction of sp³-hybridized carbons (Fsp3) is 0.375. The summed E-state index contributed by atoms with van der Waals surface area (Å²) in [6.45, 7) is 0.139. The molecule has 1 aliphatic carbocycles. The molecule has 0 fully saturated rings. The monoisotopic (exact) mass is 273 g/mol. The number of nitrogens with one attached hydrogen (secondary N) is 1. The van der Waals surface area contributed by atoms with Crippen LogP contribution in [-0.2, 0) is 6.42 Å². The van der Waals surface area contributed by atoms with Crippen molar-refractivity contribution in [1.29, 1.82) is 0 Å². The summed E-state index contributed by atoms with van der Waals surface area (Å²) in [5.41, 5.74) is 2.60. The summed E-state index contributed by atoms with van der Waals surface area (Å²) in [4.78, 5) is 1.51. The summed E-state index contributed by atoms with van der Waals surface area (Å²) in [6.07, 6.45) is 3.60. The molecule has 0 saturated carbocycles. The van der Waals surface area contributed by atoms with Gasteiger partial charge < -0.3 is 10.4 Å². The third kappa shape index (κ3) is 2.73. The highest BCUT2D eigenvalue weighted by Gasteiger charge is 2.23. The Balaban J connectivity index is 1.78. The van der Waals surface area contributed by atoms with Crippen molar-refractivity contribution in [2.45, 2.75) is 31.3 Å². The topological polar surface area (TPSA) is 32.3 Å². The second-order valence-electron chi connectivity index (χ2n) is 5.06. The van der Waals surface area contributed by atoms with Crippen molar-refractivity contribution in [3.8, 4) is 0 Å². The van der Waals surface area contributed by atoms with Crippen LogP contribution in [0.1, 0.15) is 40.9 Å². The zero-order valence-electron chi connectivity index (χ0n) is 10.9. The normalized spacial score (nSPS) is 19.9. The van der Waals surface area contributed by atoms with E-state index in [9.17, 15) is 5.11 Å². The van der Waals surface area contributed by atoms with E-state index in [0.717, 1.165) is 12.0 Å². The summed E-state index contributed by atoms with van der Waals surface area (Å²) < 4.78 is 0. The molecule has 3 rings (SSSR count). The number of hydrogen-bond acceptors (Lipinski definition) is 3. The fourth-order valence-electron chi connectivity index (χ4n) is 2.84. The number of hydrogen-bond donors (Lipinski definition) is 2. The van der Waals surface area contributed by atoms with Gasteiger partial charge in [0, 0.05) is 10.9 Å². The van der Waals surface area contributed by atoms with Crippen molar-refractivity contribution in [3.63, 3.8) is 0 Å². The van der Waals surface area contributed by atoms with Crippen LogP contribution in [0.25, 0.3) is 0 Å². The molecular weight excluding hydrogens is 254 g/mol. The molecule has 1 aromatic heterocycles. The number of aryl methyl sites for hydroxylation is 1. The Labute approximate surface area is 118 Å². The zero-order chi connectivity index (χ0) is 13.1. The van der Waals surface area contributed by atoms with Gasteiger partial charge in [-0.25, -0.2) is 0 Å². The molecule has 2 aromatic rings. The van der Waals surface area contributed by atoms with Gasteiger partial charge in [-0.3, -0.25) is 0 Å². The number of rotatable bonds is 4. The predicted octanol–water partition coefficient (Wildman–Crippen LogP) is 3.45. The fourth-order valence-corrected chi connectivity index (χ4v) is 3.83. The van der Waals surface area contributed by atoms with Gasteiger partial charge in [0.2, 0.25) is 0 Å². The molecule has 2 nitrogen and oxygen atoms in total. The van der Waals surface area contributed by atoms with Crippen molar-refractivity contribution in [1.82, 2.24) is 5.32 Å². The predicted molar refractivity (Wildman–Crippen MR) is 79.4 cm³/mol. The van der Waals surface area contributed by atoms with Gasteiger partial charge in [0.15, 0.2) is 0 Å². The van der Waals surface area contributed by atoms with Crippen LogP contribution < -0.4 is 5.32 Å². The molecule has 0 spiro atoms. The Morgan fingerprint density at radius 1 is 1.26 bits per heavy atom.